The summed E-state index contributed by atoms with van der Waals surface area (Å²) in [5, 5.41) is 21.0. The summed E-state index contributed by atoms with van der Waals surface area (Å²) in [5.41, 5.74) is -1.84. The van der Waals surface area contributed by atoms with Crippen molar-refractivity contribution in [3.63, 3.8) is 0 Å². The van der Waals surface area contributed by atoms with E-state index in [4.69, 9.17) is 16.9 Å². The Labute approximate surface area is 126 Å². The van der Waals surface area contributed by atoms with E-state index < -0.39 is 32.8 Å². The monoisotopic (exact) mass is 326 g/mol. The van der Waals surface area contributed by atoms with Crippen LogP contribution in [0.4, 0.5) is 14.5 Å². The molecule has 0 radical (unpaired) electrons. The van der Waals surface area contributed by atoms with E-state index in [0.29, 0.717) is 10.9 Å². The van der Waals surface area contributed by atoms with Gasteiger partial charge in [-0.05, 0) is 17.5 Å². The average Bonchev–Trinajstić information content (AvgIpc) is 2.93. The van der Waals surface area contributed by atoms with Crippen LogP contribution in [-0.2, 0) is 0 Å². The molecule has 0 amide bonds. The molecule has 2 rings (SSSR count). The van der Waals surface area contributed by atoms with E-state index in [-0.39, 0.29) is 5.57 Å². The minimum Gasteiger partial charge on any atom is -0.258 e. The lowest BCUT2D eigenvalue weighted by molar-refractivity contribution is -0.387. The number of nitrogens with zero attached hydrogens (tertiary/aromatic N) is 2. The number of nitriles is 1. The number of halogens is 3. The van der Waals surface area contributed by atoms with Gasteiger partial charge in [-0.3, -0.25) is 10.1 Å². The molecule has 0 atom stereocenters. The first-order valence-corrected chi connectivity index (χ1v) is 6.69. The summed E-state index contributed by atoms with van der Waals surface area (Å²) in [6.45, 7) is 0. The summed E-state index contributed by atoms with van der Waals surface area (Å²) in [7, 11) is 0. The van der Waals surface area contributed by atoms with Gasteiger partial charge in [0.05, 0.1) is 21.1 Å². The van der Waals surface area contributed by atoms with Crippen LogP contribution in [0.2, 0.25) is 0 Å². The number of nitro groups is 1. The first kappa shape index (κ1) is 15.1. The summed E-state index contributed by atoms with van der Waals surface area (Å²) >= 11 is 7.07. The number of hydrogen-bond acceptors (Lipinski definition) is 4. The van der Waals surface area contributed by atoms with Crippen LogP contribution >= 0.6 is 22.9 Å². The van der Waals surface area contributed by atoms with E-state index >= 15 is 0 Å². The van der Waals surface area contributed by atoms with Crippen molar-refractivity contribution in [2.75, 3.05) is 0 Å². The number of nitro benzene ring substituents is 1. The Morgan fingerprint density at radius 1 is 1.38 bits per heavy atom. The molecule has 0 aliphatic carbocycles. The minimum absolute atomic E-state index is 0.148. The van der Waals surface area contributed by atoms with Crippen LogP contribution in [-0.4, -0.2) is 4.92 Å². The predicted octanol–water partition coefficient (Wildman–Crippen LogP) is 4.57. The normalized spacial score (nSPS) is 11.7. The summed E-state index contributed by atoms with van der Waals surface area (Å²) in [5.74, 6) is -2.48. The van der Waals surface area contributed by atoms with Crippen molar-refractivity contribution in [2.24, 2.45) is 0 Å². The maximum absolute atomic E-state index is 14.1. The van der Waals surface area contributed by atoms with E-state index in [1.807, 2.05) is 0 Å². The van der Waals surface area contributed by atoms with Gasteiger partial charge in [-0.2, -0.15) is 9.65 Å². The van der Waals surface area contributed by atoms with Gasteiger partial charge in [-0.15, -0.1) is 11.3 Å². The minimum atomic E-state index is -1.41. The molecule has 0 aliphatic rings. The first-order valence-electron chi connectivity index (χ1n) is 5.44. The standard InChI is InChI=1S/C13H5ClF2N2O2S/c14-12(7(6-17)10-2-1-5-21-10)11-8(15)3-4-9(13(11)16)18(19)20/h1-5H. The summed E-state index contributed by atoms with van der Waals surface area (Å²) in [4.78, 5) is 10.1. The van der Waals surface area contributed by atoms with Gasteiger partial charge in [0, 0.05) is 10.9 Å². The largest absolute Gasteiger partial charge is 0.305 e. The molecule has 2 aromatic rings. The van der Waals surface area contributed by atoms with E-state index in [0.717, 1.165) is 17.4 Å². The second-order valence-electron chi connectivity index (χ2n) is 3.79. The Kier molecular flexibility index (Phi) is 4.31. The molecule has 0 unspecified atom stereocenters. The molecule has 106 valence electrons. The molecule has 1 aromatic heterocycles. The third-order valence-electron chi connectivity index (χ3n) is 2.59. The summed E-state index contributed by atoms with van der Waals surface area (Å²) in [6, 6.07) is 6.40. The van der Waals surface area contributed by atoms with Crippen molar-refractivity contribution in [2.45, 2.75) is 0 Å². The second-order valence-corrected chi connectivity index (χ2v) is 5.12. The zero-order valence-corrected chi connectivity index (χ0v) is 11.7. The topological polar surface area (TPSA) is 66.9 Å². The maximum Gasteiger partial charge on any atom is 0.305 e. The van der Waals surface area contributed by atoms with Gasteiger partial charge in [0.1, 0.15) is 11.9 Å². The number of allylic oxidation sites excluding steroid dienone is 1. The summed E-state index contributed by atoms with van der Waals surface area (Å²) in [6.07, 6.45) is 0. The molecule has 21 heavy (non-hydrogen) atoms. The molecular weight excluding hydrogens is 322 g/mol. The predicted molar refractivity (Wildman–Crippen MR) is 75.6 cm³/mol. The quantitative estimate of drug-likeness (QED) is 0.471. The van der Waals surface area contributed by atoms with E-state index in [1.54, 1.807) is 23.6 Å². The molecule has 4 nitrogen and oxygen atoms in total. The zero-order valence-electron chi connectivity index (χ0n) is 10.1. The smallest absolute Gasteiger partial charge is 0.258 e. The number of benzene rings is 1. The lowest BCUT2D eigenvalue weighted by atomic mass is 10.1. The average molecular weight is 327 g/mol. The van der Waals surface area contributed by atoms with Gasteiger partial charge in [-0.1, -0.05) is 17.7 Å². The van der Waals surface area contributed by atoms with Crippen LogP contribution in [0.15, 0.2) is 29.6 Å². The van der Waals surface area contributed by atoms with Crippen molar-refractivity contribution >= 4 is 39.2 Å². The Morgan fingerprint density at radius 2 is 2.10 bits per heavy atom. The Hall–Kier alpha value is -2.30. The van der Waals surface area contributed by atoms with Crippen LogP contribution in [0.1, 0.15) is 10.4 Å². The third kappa shape index (κ3) is 2.77. The summed E-state index contributed by atoms with van der Waals surface area (Å²) < 4.78 is 27.9. The molecule has 0 saturated heterocycles. The van der Waals surface area contributed by atoms with Crippen molar-refractivity contribution in [3.05, 3.63) is 61.8 Å². The lowest BCUT2D eigenvalue weighted by Crippen LogP contribution is -2.00. The van der Waals surface area contributed by atoms with Crippen LogP contribution in [0.5, 0.6) is 0 Å². The van der Waals surface area contributed by atoms with Gasteiger partial charge in [0.25, 0.3) is 0 Å². The highest BCUT2D eigenvalue weighted by Crippen LogP contribution is 2.36. The van der Waals surface area contributed by atoms with E-state index in [2.05, 4.69) is 0 Å². The molecule has 0 saturated carbocycles. The van der Waals surface area contributed by atoms with Gasteiger partial charge < -0.3 is 0 Å². The molecule has 1 heterocycles. The highest BCUT2D eigenvalue weighted by molar-refractivity contribution is 7.11. The number of thiophene rings is 1. The fourth-order valence-electron chi connectivity index (χ4n) is 1.64. The molecule has 0 aliphatic heterocycles. The fourth-order valence-corrected chi connectivity index (χ4v) is 2.74. The van der Waals surface area contributed by atoms with Crippen LogP contribution in [0.25, 0.3) is 10.6 Å². The Morgan fingerprint density at radius 3 is 2.62 bits per heavy atom. The van der Waals surface area contributed by atoms with Crippen LogP contribution in [0.3, 0.4) is 0 Å². The molecule has 8 heteroatoms. The molecular formula is C13H5ClF2N2O2S. The Balaban J connectivity index is 2.74. The van der Waals surface area contributed by atoms with E-state index in [9.17, 15) is 18.9 Å². The van der Waals surface area contributed by atoms with Gasteiger partial charge >= 0.3 is 5.69 Å². The highest BCUT2D eigenvalue weighted by Gasteiger charge is 2.25. The zero-order chi connectivity index (χ0) is 15.6. The van der Waals surface area contributed by atoms with Crippen molar-refractivity contribution in [1.82, 2.24) is 0 Å². The molecule has 0 fully saturated rings. The third-order valence-corrected chi connectivity index (χ3v) is 3.85. The van der Waals surface area contributed by atoms with Crippen molar-refractivity contribution < 1.29 is 13.7 Å². The number of hydrogen-bond donors (Lipinski definition) is 0. The van der Waals surface area contributed by atoms with Gasteiger partial charge in [-0.25, -0.2) is 4.39 Å². The SMILES string of the molecule is N#CC(=C(Cl)c1c(F)ccc([N+](=O)[O-])c1F)c1cccs1. The molecule has 1 aromatic carbocycles. The van der Waals surface area contributed by atoms with Crippen LogP contribution in [0, 0.1) is 33.1 Å². The molecule has 0 bridgehead atoms. The van der Waals surface area contributed by atoms with Crippen molar-refractivity contribution in [1.29, 1.82) is 5.26 Å². The van der Waals surface area contributed by atoms with Crippen LogP contribution < -0.4 is 0 Å². The Bertz CT molecular complexity index is 782. The molecule has 0 spiro atoms. The van der Waals surface area contributed by atoms with E-state index in [1.165, 1.54) is 0 Å². The first-order chi connectivity index (χ1) is 9.97. The van der Waals surface area contributed by atoms with Gasteiger partial charge in [0.15, 0.2) is 0 Å². The highest BCUT2D eigenvalue weighted by atomic mass is 35.5. The number of rotatable bonds is 3. The maximum atomic E-state index is 14.1. The lowest BCUT2D eigenvalue weighted by Gasteiger charge is -2.06. The van der Waals surface area contributed by atoms with Gasteiger partial charge in [0.2, 0.25) is 5.82 Å². The molecule has 0 N–H and O–H groups in total. The fraction of sp³-hybridized carbons (Fsp3) is 0. The van der Waals surface area contributed by atoms with Crippen molar-refractivity contribution in [3.8, 4) is 6.07 Å². The second kappa shape index (κ2) is 5.99.